The number of piperazine rings is 3. The van der Waals surface area contributed by atoms with Crippen LogP contribution in [0, 0.1) is 28.8 Å². The molecule has 9 aromatic rings. The lowest BCUT2D eigenvalue weighted by molar-refractivity contribution is -0.147. The van der Waals surface area contributed by atoms with Gasteiger partial charge < -0.3 is 60.2 Å². The second kappa shape index (κ2) is 42.8. The highest BCUT2D eigenvalue weighted by Crippen LogP contribution is 2.43. The van der Waals surface area contributed by atoms with Gasteiger partial charge in [-0.2, -0.15) is 0 Å². The summed E-state index contributed by atoms with van der Waals surface area (Å²) in [6.07, 6.45) is 5.81. The molecule has 8 atom stereocenters. The summed E-state index contributed by atoms with van der Waals surface area (Å²) in [6.45, 7) is 14.2. The number of carbonyl (C=O) groups is 9. The molecule has 0 aliphatic carbocycles. The van der Waals surface area contributed by atoms with Gasteiger partial charge >= 0.3 is 53.9 Å². The fraction of sp³-hybridized carbons (Fsp3) is 0.351. The van der Waals surface area contributed by atoms with Crippen molar-refractivity contribution < 1.29 is 85.9 Å². The number of carbonyl (C=O) groups excluding carboxylic acids is 6. The van der Waals surface area contributed by atoms with Gasteiger partial charge in [-0.05, 0) is 122 Å². The number of aliphatic imine (C=N–C) groups is 3. The lowest BCUT2D eigenvalue weighted by Crippen LogP contribution is -2.53. The van der Waals surface area contributed by atoms with Crippen molar-refractivity contribution in [3.8, 4) is 0 Å². The molecule has 9 aliphatic rings. The van der Waals surface area contributed by atoms with Crippen LogP contribution in [0.1, 0.15) is 107 Å². The van der Waals surface area contributed by atoms with Crippen LogP contribution in [-0.2, 0) is 55.8 Å². The molecular weight excluding hydrogens is 1920 g/mol. The molecule has 18 rings (SSSR count). The van der Waals surface area contributed by atoms with Crippen LogP contribution in [0.2, 0.25) is 15.1 Å². The van der Waals surface area contributed by atoms with Crippen LogP contribution in [0.3, 0.4) is 0 Å². The van der Waals surface area contributed by atoms with Crippen LogP contribution >= 0.6 is 68.8 Å². The Bertz CT molecular complexity index is 6400. The van der Waals surface area contributed by atoms with Gasteiger partial charge in [0.1, 0.15) is 35.6 Å². The molecule has 6 amide bonds. The van der Waals surface area contributed by atoms with E-state index >= 15 is 0 Å². The molecule has 726 valence electrons. The quantitative estimate of drug-likeness (QED) is 0.0206. The molecule has 0 spiro atoms. The van der Waals surface area contributed by atoms with Crippen molar-refractivity contribution in [3.63, 3.8) is 0 Å². The molecule has 6 fully saturated rings. The fourth-order valence-corrected chi connectivity index (χ4v) is 21.0. The Hall–Kier alpha value is -13.0. The Morgan fingerprint density at radius 2 is 0.784 bits per heavy atom. The third kappa shape index (κ3) is 22.0. The summed E-state index contributed by atoms with van der Waals surface area (Å²) in [6, 6.07) is 31.3. The molecule has 6 saturated heterocycles. The van der Waals surface area contributed by atoms with Crippen molar-refractivity contribution in [2.24, 2.45) is 26.3 Å². The average Bonchev–Trinajstić information content (AvgIpc) is 1.46. The van der Waals surface area contributed by atoms with Crippen molar-refractivity contribution in [1.29, 1.82) is 0 Å². The lowest BCUT2D eigenvalue weighted by atomic mass is 9.86. The minimum Gasteiger partial charge on any atom is -0.481 e. The Morgan fingerprint density at radius 1 is 0.460 bits per heavy atom. The van der Waals surface area contributed by atoms with Crippen LogP contribution in [0.25, 0.3) is 0 Å². The molecule has 6 aromatic carbocycles. The summed E-state index contributed by atoms with van der Waals surface area (Å²) in [5, 5.41) is 45.5. The minimum atomic E-state index is -0.899. The fourth-order valence-electron chi connectivity index (χ4n) is 18.5. The molecule has 33 nitrogen and oxygen atoms in total. The van der Waals surface area contributed by atoms with E-state index in [0.29, 0.717) is 177 Å². The number of urea groups is 3. The maximum Gasteiger partial charge on any atom is 0.338 e. The maximum atomic E-state index is 14.0. The molecule has 139 heavy (non-hydrogen) atoms. The first-order valence-electron chi connectivity index (χ1n) is 44.6. The first-order valence-corrected chi connectivity index (χ1v) is 48.4. The number of esters is 3. The van der Waals surface area contributed by atoms with E-state index in [9.17, 15) is 66.5 Å². The summed E-state index contributed by atoms with van der Waals surface area (Å²) in [4.78, 5) is 159. The molecule has 0 radical (unpaired) electrons. The highest BCUT2D eigenvalue weighted by molar-refractivity contribution is 7.12. The van der Waals surface area contributed by atoms with Gasteiger partial charge in [-0.15, -0.1) is 34.0 Å². The number of ether oxygens (including phenoxy) is 3. The predicted octanol–water partition coefficient (Wildman–Crippen LogP) is 13.7. The zero-order valence-electron chi connectivity index (χ0n) is 76.4. The van der Waals surface area contributed by atoms with E-state index in [1.165, 1.54) is 110 Å². The first-order chi connectivity index (χ1) is 66.7. The number of nitrogens with zero attached hydrogens (tertiary/aromatic N) is 15. The molecular formula is C97H98Cl3F3N18O15S3. The number of nitrogens with one attached hydrogen (secondary N) is 3. The van der Waals surface area contributed by atoms with Crippen molar-refractivity contribution >= 4 is 157 Å². The van der Waals surface area contributed by atoms with Gasteiger partial charge in [0.15, 0.2) is 32.5 Å². The number of hydrogen-bond donors (Lipinski definition) is 6. The summed E-state index contributed by atoms with van der Waals surface area (Å²) >= 11 is 23.6. The van der Waals surface area contributed by atoms with Gasteiger partial charge in [0.2, 0.25) is 0 Å². The van der Waals surface area contributed by atoms with Gasteiger partial charge in [0, 0.05) is 199 Å². The van der Waals surface area contributed by atoms with Crippen molar-refractivity contribution in [2.45, 2.75) is 89.1 Å². The Morgan fingerprint density at radius 3 is 1.07 bits per heavy atom. The molecule has 9 aliphatic heterocycles. The van der Waals surface area contributed by atoms with Gasteiger partial charge in [-0.25, -0.2) is 56.9 Å². The molecule has 2 unspecified atom stereocenters. The van der Waals surface area contributed by atoms with Crippen molar-refractivity contribution in [2.75, 3.05) is 134 Å². The normalized spacial score (nSPS) is 20.5. The summed E-state index contributed by atoms with van der Waals surface area (Å²) < 4.78 is 57.5. The van der Waals surface area contributed by atoms with E-state index in [1.807, 2.05) is 111 Å². The van der Waals surface area contributed by atoms with E-state index in [1.54, 1.807) is 54.1 Å². The number of aromatic nitrogens is 3. The van der Waals surface area contributed by atoms with Crippen LogP contribution < -0.4 is 30.7 Å². The van der Waals surface area contributed by atoms with Crippen LogP contribution in [0.5, 0.6) is 0 Å². The number of halogens is 6. The molecule has 6 N–H and O–H groups in total. The number of carboxylic acid groups (broad SMARTS) is 3. The number of methoxy groups -OCH3 is 3. The predicted molar refractivity (Wildman–Crippen MR) is 520 cm³/mol. The van der Waals surface area contributed by atoms with Gasteiger partial charge in [-0.3, -0.25) is 58.8 Å². The van der Waals surface area contributed by atoms with E-state index < -0.39 is 82.7 Å². The first kappa shape index (κ1) is 99.0. The van der Waals surface area contributed by atoms with Crippen molar-refractivity contribution in [3.05, 3.63) is 277 Å². The molecule has 42 heteroatoms. The highest BCUT2D eigenvalue weighted by atomic mass is 35.5. The van der Waals surface area contributed by atoms with Gasteiger partial charge in [0.05, 0.1) is 73.9 Å². The number of anilines is 3. The Labute approximate surface area is 824 Å². The summed E-state index contributed by atoms with van der Waals surface area (Å²) in [7, 11) is 3.90. The number of carboxylic acids is 3. The molecule has 3 aromatic heterocycles. The molecule has 12 heterocycles. The largest absolute Gasteiger partial charge is 0.481 e. The number of rotatable bonds is 27. The minimum absolute atomic E-state index is 0.0333. The monoisotopic (exact) mass is 2010 g/mol. The lowest BCUT2D eigenvalue weighted by Gasteiger charge is -2.38. The van der Waals surface area contributed by atoms with Crippen LogP contribution in [-0.4, -0.2) is 269 Å². The zero-order chi connectivity index (χ0) is 98.5. The maximum absolute atomic E-state index is 14.0. The summed E-state index contributed by atoms with van der Waals surface area (Å²) in [5.74, 6) is -5.09. The average molecular weight is 2020 g/mol. The van der Waals surface area contributed by atoms with Crippen molar-refractivity contribution in [1.82, 2.24) is 60.3 Å². The topological polar surface area (TPSA) is 383 Å². The van der Waals surface area contributed by atoms with Crippen LogP contribution in [0.15, 0.2) is 211 Å². The van der Waals surface area contributed by atoms with Gasteiger partial charge in [0.25, 0.3) is 0 Å². The third-order valence-corrected chi connectivity index (χ3v) is 29.0. The third-order valence-electron chi connectivity index (χ3n) is 25.7. The number of hydrogen-bond acceptors (Lipinski definition) is 27. The number of aliphatic carboxylic acids is 3. The summed E-state index contributed by atoms with van der Waals surface area (Å²) in [5.41, 5.74) is 7.91. The number of amides is 6. The number of fused-ring (bicyclic) bond motifs is 3. The standard InChI is InChI=1S/C33H34ClFN6O5S.2C32H32ClFN6O5S/c1-33(2,31(43)44)15-19-4-7-21(8-5-19)41-17-22-16-39(11-12-40(22)32(41)45)18-25-26(30(42)46-3)27(23-9-6-20(35)14-24(23)34)38-28(37-25)29-36-10-13-47-29;1-18(13-26(41)42)19-3-6-21(7-4-19)40-16-22-15-38(10-11-39(22)32(40)44)17-25-27(31(43)45-2)28(23-8-5-20(34)14-24(23)33)37-29(36-25)30-35-9-12-46-30;1-18(30(41)42)13-19-3-6-21(7-4-19)40-16-22-15-38(10-11-39(22)32(40)44)17-25-26(31(43)45-2)27(23-8-5-20(34)14-24(23)33)37-28(36-25)29-35-9-12-46-29/h4-10,13-14,22,27H,11-12,15-18H2,1-3H3,(H,37,38)(H,43,44);3-9,12,14,18,22,28H,10-11,13,15-17H2,1-2H3,(H,36,37)(H,41,42);3-9,12,14,18,22,27H,10-11,13,15-17H2,1-2H3,(H,36,37)(H,41,42)/t22-,27-;18?,22-,28-;18?,22-,27-/m000/s1. The molecule has 0 bridgehead atoms. The van der Waals surface area contributed by atoms with E-state index in [4.69, 9.17) is 69.1 Å². The van der Waals surface area contributed by atoms with Gasteiger partial charge in [-0.1, -0.05) is 103 Å². The van der Waals surface area contributed by atoms with Crippen LogP contribution in [0.4, 0.5) is 44.6 Å². The smallest absolute Gasteiger partial charge is 0.338 e. The SMILES string of the molecule is COC(=O)C1=C(CN2CCN3C(=O)N(c4ccc(C(C)CC(=O)O)cc4)C[C@@H]3C2)NC(c2nccs2)=N[C@H]1c1ccc(F)cc1Cl.COC(=O)C1=C(CN2CCN3C(=O)N(c4ccc(CC(C)(C)C(=O)O)cc4)C[C@@H]3C2)NC(c2nccs2)=N[C@H]1c1ccc(F)cc1Cl.COC(=O)C1=C(CN2CCN3C(=O)N(c4ccc(CC(C)C(=O)O)cc4)C[C@@H]3C2)NC(c2nccs2)=N[C@H]1c1ccc(F)cc1Cl. The Balaban J connectivity index is 0.000000151. The number of amidine groups is 3. The number of thiazole rings is 3. The second-order valence-electron chi connectivity index (χ2n) is 35.3. The van der Waals surface area contributed by atoms with E-state index in [0.717, 1.165) is 33.8 Å². The molecule has 0 saturated carbocycles. The van der Waals surface area contributed by atoms with E-state index in [-0.39, 0.29) is 80.3 Å². The number of benzene rings is 6. The Kier molecular flexibility index (Phi) is 30.5. The highest BCUT2D eigenvalue weighted by Gasteiger charge is 2.48. The second-order valence-corrected chi connectivity index (χ2v) is 39.2. The zero-order valence-corrected chi connectivity index (χ0v) is 81.1. The van der Waals surface area contributed by atoms with E-state index in [2.05, 4.69) is 45.6 Å².